The molecule has 0 amide bonds. The lowest BCUT2D eigenvalue weighted by atomic mass is 9.67. The highest BCUT2D eigenvalue weighted by Crippen LogP contribution is 2.59. The second-order valence-corrected chi connectivity index (χ2v) is 9.55. The summed E-state index contributed by atoms with van der Waals surface area (Å²) in [6, 6.07) is 5.77. The van der Waals surface area contributed by atoms with Crippen molar-refractivity contribution in [3.05, 3.63) is 29.8 Å². The summed E-state index contributed by atoms with van der Waals surface area (Å²) in [6.45, 7) is 7.45. The highest BCUT2D eigenvalue weighted by atomic mass is 16.5. The van der Waals surface area contributed by atoms with E-state index in [1.165, 1.54) is 24.3 Å². The van der Waals surface area contributed by atoms with Gasteiger partial charge in [0.25, 0.3) is 0 Å². The van der Waals surface area contributed by atoms with E-state index in [2.05, 4.69) is 0 Å². The molecular weight excluding hydrogens is 360 g/mol. The summed E-state index contributed by atoms with van der Waals surface area (Å²) in [5, 5.41) is 42.4. The number of carbonyl (C=O) groups excluding carboxylic acids is 1. The van der Waals surface area contributed by atoms with Gasteiger partial charge >= 0.3 is 5.97 Å². The van der Waals surface area contributed by atoms with Gasteiger partial charge in [0.05, 0.1) is 22.9 Å². The second kappa shape index (κ2) is 7.01. The SMILES string of the molecule is CC(C)[C@]1(O)CC[C@]2(C)C[C@H](O)[C@](C)(O)C[C@H](OC(=O)c3ccc(O)cc3)[C@H]21. The summed E-state index contributed by atoms with van der Waals surface area (Å²) in [5.74, 6) is -0.980. The molecule has 2 aliphatic carbocycles. The zero-order valence-corrected chi connectivity index (χ0v) is 17.1. The maximum absolute atomic E-state index is 12.8. The number of rotatable bonds is 3. The maximum atomic E-state index is 12.8. The Hall–Kier alpha value is -1.63. The zero-order chi connectivity index (χ0) is 20.9. The summed E-state index contributed by atoms with van der Waals surface area (Å²) >= 11 is 0. The molecular formula is C22H32O6. The van der Waals surface area contributed by atoms with Crippen molar-refractivity contribution in [3.8, 4) is 5.75 Å². The Balaban J connectivity index is 1.99. The molecule has 2 fully saturated rings. The lowest BCUT2D eigenvalue weighted by Crippen LogP contribution is -2.51. The van der Waals surface area contributed by atoms with Crippen molar-refractivity contribution in [2.75, 3.05) is 0 Å². The smallest absolute Gasteiger partial charge is 0.338 e. The van der Waals surface area contributed by atoms with Crippen LogP contribution in [-0.2, 0) is 4.74 Å². The molecule has 3 rings (SSSR count). The third-order valence-electron chi connectivity index (χ3n) is 7.11. The average molecular weight is 392 g/mol. The predicted octanol–water partition coefficient (Wildman–Crippen LogP) is 2.63. The fourth-order valence-electron chi connectivity index (χ4n) is 5.28. The van der Waals surface area contributed by atoms with Crippen LogP contribution in [-0.4, -0.2) is 49.8 Å². The van der Waals surface area contributed by atoms with Crippen LogP contribution in [0.5, 0.6) is 5.75 Å². The molecule has 1 aromatic carbocycles. The molecule has 0 radical (unpaired) electrons. The minimum Gasteiger partial charge on any atom is -0.508 e. The quantitative estimate of drug-likeness (QED) is 0.589. The van der Waals surface area contributed by atoms with E-state index in [0.29, 0.717) is 19.3 Å². The highest BCUT2D eigenvalue weighted by molar-refractivity contribution is 5.89. The van der Waals surface area contributed by atoms with Crippen LogP contribution in [0.4, 0.5) is 0 Å². The molecule has 28 heavy (non-hydrogen) atoms. The summed E-state index contributed by atoms with van der Waals surface area (Å²) in [4.78, 5) is 12.8. The number of ether oxygens (including phenoxy) is 1. The topological polar surface area (TPSA) is 107 Å². The van der Waals surface area contributed by atoms with E-state index in [-0.39, 0.29) is 23.7 Å². The number of esters is 1. The first kappa shape index (κ1) is 21.1. The standard InChI is InChI=1S/C22H32O6/c1-13(2)22(27)10-9-20(3)12-17(24)21(4,26)11-16(18(20)22)28-19(25)14-5-7-15(23)8-6-14/h5-8,13,16-18,23-24,26-27H,9-12H2,1-4H3/t16-,17-,18+,20+,21+,22+/m0/s1. The number of phenolic OH excluding ortho intramolecular Hbond substituents is 1. The second-order valence-electron chi connectivity index (χ2n) is 9.55. The van der Waals surface area contributed by atoms with E-state index >= 15 is 0 Å². The van der Waals surface area contributed by atoms with Crippen LogP contribution in [0.3, 0.4) is 0 Å². The largest absolute Gasteiger partial charge is 0.508 e. The Morgan fingerprint density at radius 1 is 1.11 bits per heavy atom. The van der Waals surface area contributed by atoms with Crippen molar-refractivity contribution in [1.82, 2.24) is 0 Å². The number of benzene rings is 1. The Morgan fingerprint density at radius 3 is 2.29 bits per heavy atom. The minimum absolute atomic E-state index is 0.0489. The molecule has 0 aromatic heterocycles. The van der Waals surface area contributed by atoms with Gasteiger partial charge in [0, 0.05) is 12.3 Å². The van der Waals surface area contributed by atoms with Gasteiger partial charge in [-0.05, 0) is 61.8 Å². The molecule has 2 saturated carbocycles. The highest BCUT2D eigenvalue weighted by Gasteiger charge is 2.62. The van der Waals surface area contributed by atoms with Gasteiger partial charge in [-0.2, -0.15) is 0 Å². The van der Waals surface area contributed by atoms with Gasteiger partial charge in [-0.1, -0.05) is 20.8 Å². The number of aliphatic hydroxyl groups excluding tert-OH is 1. The molecule has 6 atom stereocenters. The molecule has 0 spiro atoms. The number of aromatic hydroxyl groups is 1. The predicted molar refractivity (Wildman–Crippen MR) is 104 cm³/mol. The van der Waals surface area contributed by atoms with E-state index in [1.54, 1.807) is 6.92 Å². The fourth-order valence-corrected chi connectivity index (χ4v) is 5.28. The molecule has 4 N–H and O–H groups in total. The van der Waals surface area contributed by atoms with E-state index in [1.807, 2.05) is 20.8 Å². The molecule has 2 aliphatic rings. The van der Waals surface area contributed by atoms with Gasteiger partial charge in [-0.25, -0.2) is 4.79 Å². The molecule has 0 unspecified atom stereocenters. The summed E-state index contributed by atoms with van der Waals surface area (Å²) < 4.78 is 5.85. The van der Waals surface area contributed by atoms with E-state index in [0.717, 1.165) is 0 Å². The molecule has 6 nitrogen and oxygen atoms in total. The van der Waals surface area contributed by atoms with Crippen molar-refractivity contribution >= 4 is 5.97 Å². The van der Waals surface area contributed by atoms with Gasteiger partial charge in [0.2, 0.25) is 0 Å². The van der Waals surface area contributed by atoms with Gasteiger partial charge in [-0.3, -0.25) is 0 Å². The number of carbonyl (C=O) groups is 1. The van der Waals surface area contributed by atoms with Crippen molar-refractivity contribution in [1.29, 1.82) is 0 Å². The Morgan fingerprint density at radius 2 is 1.71 bits per heavy atom. The van der Waals surface area contributed by atoms with Crippen LogP contribution in [0.25, 0.3) is 0 Å². The molecule has 0 heterocycles. The number of aliphatic hydroxyl groups is 3. The Kier molecular flexibility index (Phi) is 5.28. The number of hydrogen-bond acceptors (Lipinski definition) is 6. The van der Waals surface area contributed by atoms with Gasteiger partial charge < -0.3 is 25.2 Å². The van der Waals surface area contributed by atoms with Crippen LogP contribution in [0.1, 0.15) is 63.7 Å². The third kappa shape index (κ3) is 3.53. The van der Waals surface area contributed by atoms with E-state index < -0.39 is 40.7 Å². The number of phenols is 1. The molecule has 1 aromatic rings. The summed E-state index contributed by atoms with van der Waals surface area (Å²) in [7, 11) is 0. The van der Waals surface area contributed by atoms with Crippen molar-refractivity contribution in [2.45, 2.75) is 76.8 Å². The van der Waals surface area contributed by atoms with E-state index in [4.69, 9.17) is 4.74 Å². The third-order valence-corrected chi connectivity index (χ3v) is 7.11. The van der Waals surface area contributed by atoms with Crippen molar-refractivity contribution < 1.29 is 30.0 Å². The van der Waals surface area contributed by atoms with Gasteiger partial charge in [0.1, 0.15) is 11.9 Å². The van der Waals surface area contributed by atoms with Crippen molar-refractivity contribution in [2.24, 2.45) is 17.3 Å². The fraction of sp³-hybridized carbons (Fsp3) is 0.682. The monoisotopic (exact) mass is 392 g/mol. The number of hydrogen-bond donors (Lipinski definition) is 4. The average Bonchev–Trinajstić information content (AvgIpc) is 2.82. The summed E-state index contributed by atoms with van der Waals surface area (Å²) in [6.07, 6.45) is -0.0683. The number of fused-ring (bicyclic) bond motifs is 1. The molecule has 0 bridgehead atoms. The first-order valence-corrected chi connectivity index (χ1v) is 10.0. The first-order valence-electron chi connectivity index (χ1n) is 10.0. The summed E-state index contributed by atoms with van der Waals surface area (Å²) in [5.41, 5.74) is -2.64. The maximum Gasteiger partial charge on any atom is 0.338 e. The minimum atomic E-state index is -1.43. The lowest BCUT2D eigenvalue weighted by molar-refractivity contribution is -0.121. The Bertz CT molecular complexity index is 727. The van der Waals surface area contributed by atoms with Crippen LogP contribution in [0.2, 0.25) is 0 Å². The Labute approximate surface area is 166 Å². The molecule has 6 heteroatoms. The van der Waals surface area contributed by atoms with Crippen LogP contribution < -0.4 is 0 Å². The van der Waals surface area contributed by atoms with Crippen molar-refractivity contribution in [3.63, 3.8) is 0 Å². The van der Waals surface area contributed by atoms with Crippen LogP contribution in [0, 0.1) is 17.3 Å². The zero-order valence-electron chi connectivity index (χ0n) is 17.1. The normalized spacial score (nSPS) is 40.8. The molecule has 156 valence electrons. The molecule has 0 aliphatic heterocycles. The van der Waals surface area contributed by atoms with Gasteiger partial charge in [0.15, 0.2) is 0 Å². The van der Waals surface area contributed by atoms with Crippen LogP contribution in [0.15, 0.2) is 24.3 Å². The van der Waals surface area contributed by atoms with Crippen LogP contribution >= 0.6 is 0 Å². The van der Waals surface area contributed by atoms with Gasteiger partial charge in [-0.15, -0.1) is 0 Å². The van der Waals surface area contributed by atoms with E-state index in [9.17, 15) is 25.2 Å². The lowest BCUT2D eigenvalue weighted by Gasteiger charge is -2.43. The molecule has 0 saturated heterocycles. The first-order chi connectivity index (χ1) is 12.9.